The maximum Gasteiger partial charge on any atom is 0.315 e. The average Bonchev–Trinajstić information content (AvgIpc) is 3.17. The molecule has 3 rings (SSSR count). The van der Waals surface area contributed by atoms with E-state index >= 15 is 0 Å². The van der Waals surface area contributed by atoms with Crippen molar-refractivity contribution >= 4 is 39.0 Å². The molecule has 0 aliphatic carbocycles. The fourth-order valence-electron chi connectivity index (χ4n) is 2.78. The van der Waals surface area contributed by atoms with E-state index < -0.39 is 10.0 Å². The van der Waals surface area contributed by atoms with Crippen LogP contribution in [0.15, 0.2) is 40.6 Å². The van der Waals surface area contributed by atoms with Crippen molar-refractivity contribution in [1.29, 1.82) is 0 Å². The molecule has 0 unspecified atom stereocenters. The maximum absolute atomic E-state index is 12.6. The lowest BCUT2D eigenvalue weighted by Gasteiger charge is -2.25. The van der Waals surface area contributed by atoms with Gasteiger partial charge in [-0.1, -0.05) is 23.7 Å². The summed E-state index contributed by atoms with van der Waals surface area (Å²) in [6.07, 6.45) is 0. The highest BCUT2D eigenvalue weighted by molar-refractivity contribution is 7.91. The molecule has 2 aromatic rings. The topological polar surface area (TPSA) is 87.7 Å². The number of ether oxygens (including phenoxy) is 1. The summed E-state index contributed by atoms with van der Waals surface area (Å²) in [7, 11) is -3.51. The highest BCUT2D eigenvalue weighted by Gasteiger charge is 2.27. The van der Waals surface area contributed by atoms with E-state index in [1.54, 1.807) is 24.3 Å². The highest BCUT2D eigenvalue weighted by Crippen LogP contribution is 2.25. The molecule has 0 bridgehead atoms. The van der Waals surface area contributed by atoms with Gasteiger partial charge in [-0.05, 0) is 36.8 Å². The zero-order valence-electron chi connectivity index (χ0n) is 15.4. The first kappa shape index (κ1) is 21.1. The van der Waals surface area contributed by atoms with Crippen LogP contribution in [0.5, 0.6) is 0 Å². The van der Waals surface area contributed by atoms with Gasteiger partial charge in [0, 0.05) is 23.0 Å². The summed E-state index contributed by atoms with van der Waals surface area (Å²) in [5.74, 6) is 0. The average molecular weight is 444 g/mol. The van der Waals surface area contributed by atoms with Crippen molar-refractivity contribution in [2.24, 2.45) is 0 Å². The van der Waals surface area contributed by atoms with Crippen LogP contribution >= 0.6 is 22.9 Å². The van der Waals surface area contributed by atoms with Crippen LogP contribution in [0.1, 0.15) is 23.4 Å². The van der Waals surface area contributed by atoms with Gasteiger partial charge in [-0.3, -0.25) is 0 Å². The number of carbonyl (C=O) groups excluding carboxylic acids is 1. The van der Waals surface area contributed by atoms with Gasteiger partial charge in [-0.15, -0.1) is 11.3 Å². The predicted molar refractivity (Wildman–Crippen MR) is 109 cm³/mol. The van der Waals surface area contributed by atoms with Crippen LogP contribution in [-0.2, 0) is 21.3 Å². The van der Waals surface area contributed by atoms with Crippen LogP contribution in [0.4, 0.5) is 4.79 Å². The molecular formula is C18H22ClN3O4S2. The molecule has 1 aromatic heterocycles. The van der Waals surface area contributed by atoms with Crippen molar-refractivity contribution in [3.8, 4) is 0 Å². The Kier molecular flexibility index (Phi) is 6.95. The van der Waals surface area contributed by atoms with Gasteiger partial charge in [0.2, 0.25) is 0 Å². The molecule has 1 aromatic carbocycles. The summed E-state index contributed by atoms with van der Waals surface area (Å²) >= 11 is 7.14. The van der Waals surface area contributed by atoms with Gasteiger partial charge in [-0.2, -0.15) is 4.31 Å². The van der Waals surface area contributed by atoms with E-state index in [4.69, 9.17) is 16.3 Å². The molecule has 0 spiro atoms. The highest BCUT2D eigenvalue weighted by atomic mass is 35.5. The summed E-state index contributed by atoms with van der Waals surface area (Å²) in [4.78, 5) is 12.9. The number of morpholine rings is 1. The van der Waals surface area contributed by atoms with Gasteiger partial charge in [0.1, 0.15) is 4.21 Å². The molecule has 7 nitrogen and oxygen atoms in total. The normalized spacial score (nSPS) is 16.5. The Hall–Kier alpha value is -1.65. The number of nitrogens with one attached hydrogen (secondary N) is 2. The molecular weight excluding hydrogens is 422 g/mol. The largest absolute Gasteiger partial charge is 0.379 e. The number of sulfonamides is 1. The van der Waals surface area contributed by atoms with E-state index in [-0.39, 0.29) is 22.8 Å². The Morgan fingerprint density at radius 2 is 2.04 bits per heavy atom. The molecule has 1 aliphatic heterocycles. The molecule has 0 radical (unpaired) electrons. The fraction of sp³-hybridized carbons (Fsp3) is 0.389. The van der Waals surface area contributed by atoms with Gasteiger partial charge < -0.3 is 15.4 Å². The number of rotatable bonds is 6. The minimum atomic E-state index is -3.51. The third-order valence-electron chi connectivity index (χ3n) is 4.32. The number of carbonyl (C=O) groups is 1. The number of urea groups is 1. The lowest BCUT2D eigenvalue weighted by atomic mass is 10.1. The molecule has 10 heteroatoms. The van der Waals surface area contributed by atoms with E-state index in [1.807, 2.05) is 19.1 Å². The summed E-state index contributed by atoms with van der Waals surface area (Å²) in [5.41, 5.74) is 0.901. The van der Waals surface area contributed by atoms with Gasteiger partial charge in [0.25, 0.3) is 10.0 Å². The second-order valence-corrected chi connectivity index (χ2v) is 10.1. The number of benzene rings is 1. The van der Waals surface area contributed by atoms with Crippen LogP contribution in [0, 0.1) is 0 Å². The van der Waals surface area contributed by atoms with Gasteiger partial charge in [0.15, 0.2) is 0 Å². The second-order valence-electron chi connectivity index (χ2n) is 6.34. The van der Waals surface area contributed by atoms with Crippen molar-refractivity contribution in [2.45, 2.75) is 23.7 Å². The van der Waals surface area contributed by atoms with Crippen LogP contribution in [0.2, 0.25) is 5.02 Å². The monoisotopic (exact) mass is 443 g/mol. The van der Waals surface area contributed by atoms with Crippen LogP contribution in [0.25, 0.3) is 0 Å². The Labute approximate surface area is 173 Å². The van der Waals surface area contributed by atoms with E-state index in [0.29, 0.717) is 31.3 Å². The quantitative estimate of drug-likeness (QED) is 0.718. The third kappa shape index (κ3) is 5.24. The van der Waals surface area contributed by atoms with Gasteiger partial charge in [-0.25, -0.2) is 13.2 Å². The Morgan fingerprint density at radius 1 is 1.29 bits per heavy atom. The van der Waals surface area contributed by atoms with Crippen molar-refractivity contribution in [1.82, 2.24) is 14.9 Å². The van der Waals surface area contributed by atoms with E-state index in [2.05, 4.69) is 10.6 Å². The Balaban J connectivity index is 1.54. The third-order valence-corrected chi connectivity index (χ3v) is 8.01. The molecule has 1 aliphatic rings. The summed E-state index contributed by atoms with van der Waals surface area (Å²) < 4.78 is 32.2. The minimum absolute atomic E-state index is 0.209. The molecule has 1 atom stereocenters. The number of halogens is 1. The molecule has 2 N–H and O–H groups in total. The minimum Gasteiger partial charge on any atom is -0.379 e. The first-order valence-corrected chi connectivity index (χ1v) is 11.5. The first-order chi connectivity index (χ1) is 13.4. The maximum atomic E-state index is 12.6. The summed E-state index contributed by atoms with van der Waals surface area (Å²) in [6, 6.07) is 10.1. The zero-order valence-corrected chi connectivity index (χ0v) is 17.7. The first-order valence-electron chi connectivity index (χ1n) is 8.83. The van der Waals surface area contributed by atoms with Crippen molar-refractivity contribution in [3.63, 3.8) is 0 Å². The lowest BCUT2D eigenvalue weighted by Crippen LogP contribution is -2.40. The van der Waals surface area contributed by atoms with E-state index in [0.717, 1.165) is 21.8 Å². The molecule has 2 amide bonds. The van der Waals surface area contributed by atoms with Gasteiger partial charge in [0.05, 0.1) is 25.8 Å². The van der Waals surface area contributed by atoms with Gasteiger partial charge >= 0.3 is 6.03 Å². The predicted octanol–water partition coefficient (Wildman–Crippen LogP) is 2.98. The second kappa shape index (κ2) is 9.23. The number of nitrogens with zero attached hydrogens (tertiary/aromatic N) is 1. The number of amides is 2. The van der Waals surface area contributed by atoms with E-state index in [1.165, 1.54) is 4.31 Å². The van der Waals surface area contributed by atoms with Crippen molar-refractivity contribution in [2.75, 3.05) is 26.3 Å². The Bertz CT molecular complexity index is 926. The number of hydrogen-bond donors (Lipinski definition) is 2. The molecule has 1 fully saturated rings. The van der Waals surface area contributed by atoms with Crippen LogP contribution in [-0.4, -0.2) is 45.1 Å². The zero-order chi connectivity index (χ0) is 20.1. The molecule has 0 saturated carbocycles. The molecule has 2 heterocycles. The van der Waals surface area contributed by atoms with Crippen molar-refractivity contribution < 1.29 is 17.9 Å². The lowest BCUT2D eigenvalue weighted by molar-refractivity contribution is 0.0731. The van der Waals surface area contributed by atoms with E-state index in [9.17, 15) is 13.2 Å². The summed E-state index contributed by atoms with van der Waals surface area (Å²) in [6.45, 7) is 3.64. The molecule has 28 heavy (non-hydrogen) atoms. The molecule has 1 saturated heterocycles. The standard InChI is InChI=1S/C18H22ClN3O4S2/c1-13(14-3-2-4-15(19)11-14)21-18(23)20-12-16-5-6-17(27-16)28(24,25)22-7-9-26-10-8-22/h2-6,11,13H,7-10,12H2,1H3,(H2,20,21,23)/t13-/m0/s1. The smallest absolute Gasteiger partial charge is 0.315 e. The fourth-order valence-corrected chi connectivity index (χ4v) is 5.84. The van der Waals surface area contributed by atoms with Crippen LogP contribution < -0.4 is 10.6 Å². The summed E-state index contributed by atoms with van der Waals surface area (Å²) in [5, 5.41) is 6.21. The number of hydrogen-bond acceptors (Lipinski definition) is 5. The SMILES string of the molecule is C[C@H](NC(=O)NCc1ccc(S(=O)(=O)N2CCOCC2)s1)c1cccc(Cl)c1. The Morgan fingerprint density at radius 3 is 2.75 bits per heavy atom. The number of thiophene rings is 1. The van der Waals surface area contributed by atoms with Crippen LogP contribution in [0.3, 0.4) is 0 Å². The molecule has 152 valence electrons. The van der Waals surface area contributed by atoms with Crippen molar-refractivity contribution in [3.05, 3.63) is 51.9 Å².